The third kappa shape index (κ3) is 5.69. The average molecular weight is 402 g/mol. The van der Waals surface area contributed by atoms with Crippen molar-refractivity contribution in [1.29, 1.82) is 0 Å². The summed E-state index contributed by atoms with van der Waals surface area (Å²) in [6.07, 6.45) is 0. The summed E-state index contributed by atoms with van der Waals surface area (Å²) in [6, 6.07) is 10.1. The maximum absolute atomic E-state index is 12.9. The minimum atomic E-state index is -3.98. The van der Waals surface area contributed by atoms with Crippen LogP contribution < -0.4 is 10.1 Å². The van der Waals surface area contributed by atoms with Crippen LogP contribution in [0.3, 0.4) is 0 Å². The van der Waals surface area contributed by atoms with E-state index < -0.39 is 34.9 Å². The Balaban J connectivity index is 1.98. The minimum Gasteiger partial charge on any atom is -0.434 e. The van der Waals surface area contributed by atoms with Crippen LogP contribution in [0.4, 0.5) is 13.2 Å². The lowest BCUT2D eigenvalue weighted by molar-refractivity contribution is -0.121. The molecule has 0 radical (unpaired) electrons. The largest absolute Gasteiger partial charge is 0.434 e. The monoisotopic (exact) mass is 402 g/mol. The van der Waals surface area contributed by atoms with Crippen molar-refractivity contribution >= 4 is 15.9 Å². The van der Waals surface area contributed by atoms with Gasteiger partial charge in [-0.1, -0.05) is 18.2 Å². The van der Waals surface area contributed by atoms with E-state index in [1.54, 1.807) is 6.07 Å². The SMILES string of the molecule is CN(CC(=O)NCc1ccccc1OC(F)F)S(=O)(=O)c1ccc(F)cc1. The molecule has 2 rings (SSSR count). The lowest BCUT2D eigenvalue weighted by Crippen LogP contribution is -2.38. The summed E-state index contributed by atoms with van der Waals surface area (Å²) in [5.41, 5.74) is 0.315. The highest BCUT2D eigenvalue weighted by molar-refractivity contribution is 7.89. The van der Waals surface area contributed by atoms with E-state index in [9.17, 15) is 26.4 Å². The zero-order valence-corrected chi connectivity index (χ0v) is 15.0. The van der Waals surface area contributed by atoms with Crippen LogP contribution in [-0.2, 0) is 21.4 Å². The van der Waals surface area contributed by atoms with Crippen molar-refractivity contribution in [3.63, 3.8) is 0 Å². The van der Waals surface area contributed by atoms with Crippen LogP contribution in [0.1, 0.15) is 5.56 Å². The van der Waals surface area contributed by atoms with E-state index in [1.165, 1.54) is 25.2 Å². The molecule has 0 heterocycles. The number of nitrogens with one attached hydrogen (secondary N) is 1. The van der Waals surface area contributed by atoms with Gasteiger partial charge in [0.15, 0.2) is 0 Å². The first-order valence-electron chi connectivity index (χ1n) is 7.71. The molecule has 0 aromatic heterocycles. The number of rotatable bonds is 8. The number of para-hydroxylation sites is 1. The first-order chi connectivity index (χ1) is 12.7. The van der Waals surface area contributed by atoms with Crippen molar-refractivity contribution in [1.82, 2.24) is 9.62 Å². The number of hydrogen-bond donors (Lipinski definition) is 1. The van der Waals surface area contributed by atoms with Gasteiger partial charge < -0.3 is 10.1 Å². The normalized spacial score (nSPS) is 11.6. The summed E-state index contributed by atoms with van der Waals surface area (Å²) in [5, 5.41) is 2.45. The lowest BCUT2D eigenvalue weighted by atomic mass is 10.2. The van der Waals surface area contributed by atoms with Crippen LogP contribution in [0.15, 0.2) is 53.4 Å². The van der Waals surface area contributed by atoms with Gasteiger partial charge in [-0.15, -0.1) is 0 Å². The molecular weight excluding hydrogens is 385 g/mol. The molecule has 10 heteroatoms. The maximum atomic E-state index is 12.9. The molecule has 0 spiro atoms. The number of nitrogens with zero attached hydrogens (tertiary/aromatic N) is 1. The Morgan fingerprint density at radius 3 is 2.41 bits per heavy atom. The van der Waals surface area contributed by atoms with Crippen molar-refractivity contribution in [2.24, 2.45) is 0 Å². The molecule has 0 fully saturated rings. The van der Waals surface area contributed by atoms with E-state index in [0.29, 0.717) is 5.56 Å². The third-order valence-electron chi connectivity index (χ3n) is 3.55. The molecule has 0 aliphatic heterocycles. The summed E-state index contributed by atoms with van der Waals surface area (Å²) in [4.78, 5) is 11.9. The number of carbonyl (C=O) groups is 1. The van der Waals surface area contributed by atoms with Crippen LogP contribution >= 0.6 is 0 Å². The van der Waals surface area contributed by atoms with Gasteiger partial charge in [-0.3, -0.25) is 4.79 Å². The van der Waals surface area contributed by atoms with Crippen LogP contribution in [0.2, 0.25) is 0 Å². The molecule has 6 nitrogen and oxygen atoms in total. The summed E-state index contributed by atoms with van der Waals surface area (Å²) in [6.45, 7) is -3.63. The Bertz CT molecular complexity index is 889. The van der Waals surface area contributed by atoms with E-state index in [4.69, 9.17) is 0 Å². The van der Waals surface area contributed by atoms with Gasteiger partial charge in [0.25, 0.3) is 0 Å². The number of amides is 1. The minimum absolute atomic E-state index is 0.0833. The predicted octanol–water partition coefficient (Wildman–Crippen LogP) is 2.36. The third-order valence-corrected chi connectivity index (χ3v) is 5.37. The Labute approximate surface area is 154 Å². The molecule has 2 aromatic carbocycles. The molecule has 0 unspecified atom stereocenters. The molecule has 0 aliphatic rings. The average Bonchev–Trinajstić information content (AvgIpc) is 2.61. The quantitative estimate of drug-likeness (QED) is 0.736. The van der Waals surface area contributed by atoms with Gasteiger partial charge >= 0.3 is 6.61 Å². The highest BCUT2D eigenvalue weighted by atomic mass is 32.2. The van der Waals surface area contributed by atoms with Crippen molar-refractivity contribution in [2.45, 2.75) is 18.1 Å². The van der Waals surface area contributed by atoms with Crippen molar-refractivity contribution < 1.29 is 31.1 Å². The zero-order valence-electron chi connectivity index (χ0n) is 14.2. The molecule has 146 valence electrons. The number of benzene rings is 2. The van der Waals surface area contributed by atoms with Gasteiger partial charge in [-0.05, 0) is 30.3 Å². The Morgan fingerprint density at radius 1 is 1.15 bits per heavy atom. The number of carbonyl (C=O) groups excluding carboxylic acids is 1. The highest BCUT2D eigenvalue weighted by Gasteiger charge is 2.23. The second-order valence-electron chi connectivity index (χ2n) is 5.48. The molecule has 1 amide bonds. The summed E-state index contributed by atoms with van der Waals surface area (Å²) in [7, 11) is -2.78. The van der Waals surface area contributed by atoms with Crippen molar-refractivity contribution in [3.8, 4) is 5.75 Å². The molecule has 2 aromatic rings. The zero-order chi connectivity index (χ0) is 20.0. The number of hydrogen-bond acceptors (Lipinski definition) is 4. The molecule has 27 heavy (non-hydrogen) atoms. The molecule has 0 bridgehead atoms. The fourth-order valence-corrected chi connectivity index (χ4v) is 3.31. The summed E-state index contributed by atoms with van der Waals surface area (Å²) in [5.74, 6) is -1.31. The van der Waals surface area contributed by atoms with Crippen LogP contribution in [0, 0.1) is 5.82 Å². The van der Waals surface area contributed by atoms with Crippen LogP contribution in [0.5, 0.6) is 5.75 Å². The van der Waals surface area contributed by atoms with E-state index in [2.05, 4.69) is 10.1 Å². The van der Waals surface area contributed by atoms with Gasteiger partial charge in [0.2, 0.25) is 15.9 Å². The molecular formula is C17H17F3N2O4S. The topological polar surface area (TPSA) is 75.7 Å². The van der Waals surface area contributed by atoms with Gasteiger partial charge in [0.05, 0.1) is 11.4 Å². The van der Waals surface area contributed by atoms with E-state index >= 15 is 0 Å². The molecule has 0 saturated carbocycles. The second kappa shape index (κ2) is 8.87. The van der Waals surface area contributed by atoms with Gasteiger partial charge in [-0.25, -0.2) is 12.8 Å². The molecule has 0 aliphatic carbocycles. The predicted molar refractivity (Wildman–Crippen MR) is 91.1 cm³/mol. The maximum Gasteiger partial charge on any atom is 0.387 e. The van der Waals surface area contributed by atoms with E-state index in [1.807, 2.05) is 0 Å². The standard InChI is InChI=1S/C17H17F3N2O4S/c1-22(27(24,25)14-8-6-13(18)7-9-14)11-16(23)21-10-12-4-2-3-5-15(12)26-17(19)20/h2-9,17H,10-11H2,1H3,(H,21,23). The number of ether oxygens (including phenoxy) is 1. The highest BCUT2D eigenvalue weighted by Crippen LogP contribution is 2.20. The molecule has 1 N–H and O–H groups in total. The van der Waals surface area contributed by atoms with Crippen molar-refractivity contribution in [3.05, 3.63) is 59.9 Å². The molecule has 0 saturated heterocycles. The van der Waals surface area contributed by atoms with Gasteiger partial charge in [-0.2, -0.15) is 13.1 Å². The van der Waals surface area contributed by atoms with E-state index in [0.717, 1.165) is 28.6 Å². The Hall–Kier alpha value is -2.59. The summed E-state index contributed by atoms with van der Waals surface area (Å²) < 4.78 is 67.6. The molecule has 0 atom stereocenters. The first kappa shape index (κ1) is 20.7. The van der Waals surface area contributed by atoms with Gasteiger partial charge in [0, 0.05) is 19.2 Å². The summed E-state index contributed by atoms with van der Waals surface area (Å²) >= 11 is 0. The number of halogens is 3. The fourth-order valence-electron chi connectivity index (χ4n) is 2.18. The van der Waals surface area contributed by atoms with E-state index in [-0.39, 0.29) is 17.2 Å². The Morgan fingerprint density at radius 2 is 1.78 bits per heavy atom. The Kier molecular flexibility index (Phi) is 6.81. The second-order valence-corrected chi connectivity index (χ2v) is 7.52. The van der Waals surface area contributed by atoms with Crippen LogP contribution in [0.25, 0.3) is 0 Å². The van der Waals surface area contributed by atoms with Crippen LogP contribution in [-0.4, -0.2) is 38.8 Å². The lowest BCUT2D eigenvalue weighted by Gasteiger charge is -2.17. The van der Waals surface area contributed by atoms with Gasteiger partial charge in [0.1, 0.15) is 11.6 Å². The first-order valence-corrected chi connectivity index (χ1v) is 9.15. The fraction of sp³-hybridized carbons (Fsp3) is 0.235. The smallest absolute Gasteiger partial charge is 0.387 e. The number of likely N-dealkylation sites (N-methyl/N-ethyl adjacent to an activating group) is 1. The number of alkyl halides is 2. The number of sulfonamides is 1. The van der Waals surface area contributed by atoms with Crippen molar-refractivity contribution in [2.75, 3.05) is 13.6 Å².